The van der Waals surface area contributed by atoms with E-state index in [-0.39, 0.29) is 49.5 Å². The van der Waals surface area contributed by atoms with E-state index in [1.165, 1.54) is 56.4 Å². The number of carboxylic acid groups (broad SMARTS) is 1. The van der Waals surface area contributed by atoms with Crippen LogP contribution >= 0.6 is 23.5 Å². The lowest BCUT2D eigenvalue weighted by atomic mass is 9.44. The molecule has 20 heteroatoms. The monoisotopic (exact) mass is 1050 g/mol. The fourth-order valence-electron chi connectivity index (χ4n) is 11.8. The Bertz CT molecular complexity index is 2530. The standard InChI is InChI=1S/C53H66F2N4O12S2/c1-7-8-10-28(2)72-40(25-45(65)66)48(69)56-20-18-44(64)57-29(3)46(67)58-30(4)47(68)59-32-11-9-12-35(21-32)73-34-15-13-31(14-16-34)49-70-43-24-36-37-23-39(54)38-22-33(61)17-19-50(38,5)52(37,55)41(62)26-51(36,6)53(43,71-49)42(63)27-60/h9,11-17,19,21-22,28-30,36-37,39-41,43,49,60,62H,7-8,10,18,20,23-27H2,1-6H3,(H,56,69)(H,57,64)(H,58,67)(H,59,68)(H,65,66)/t28?,29-,30-,36?,37-,39-,40?,41-,43+,49+,50-,51-,52-,53+/m0/s1. The summed E-state index contributed by atoms with van der Waals surface area (Å²) in [7, 11) is 0. The zero-order valence-electron chi connectivity index (χ0n) is 41.8. The van der Waals surface area contributed by atoms with E-state index in [1.54, 1.807) is 37.3 Å². The van der Waals surface area contributed by atoms with Gasteiger partial charge in [0.2, 0.25) is 23.6 Å². The van der Waals surface area contributed by atoms with Gasteiger partial charge in [0.15, 0.2) is 29.1 Å². The van der Waals surface area contributed by atoms with E-state index < -0.39 is 124 Å². The van der Waals surface area contributed by atoms with Gasteiger partial charge in [-0.2, -0.15) is 0 Å². The number of aliphatic carboxylic acids is 1. The Morgan fingerprint density at radius 1 is 0.932 bits per heavy atom. The van der Waals surface area contributed by atoms with Crippen LogP contribution in [0.25, 0.3) is 0 Å². The molecule has 0 bridgehead atoms. The molecule has 14 atom stereocenters. The van der Waals surface area contributed by atoms with Crippen LogP contribution < -0.4 is 21.3 Å². The second kappa shape index (κ2) is 22.5. The summed E-state index contributed by atoms with van der Waals surface area (Å²) < 4.78 is 46.9. The van der Waals surface area contributed by atoms with E-state index in [0.717, 1.165) is 35.1 Å². The molecular weight excluding hydrogens is 987 g/mol. The van der Waals surface area contributed by atoms with Gasteiger partial charge < -0.3 is 46.1 Å². The lowest BCUT2D eigenvalue weighted by Gasteiger charge is -2.63. The van der Waals surface area contributed by atoms with Crippen LogP contribution in [0, 0.1) is 22.7 Å². The second-order valence-electron chi connectivity index (χ2n) is 20.4. The number of carbonyl (C=O) groups excluding carboxylic acids is 6. The van der Waals surface area contributed by atoms with E-state index >= 15 is 8.78 Å². The summed E-state index contributed by atoms with van der Waals surface area (Å²) in [6.07, 6.45) is 0.180. The van der Waals surface area contributed by atoms with E-state index in [9.17, 15) is 48.9 Å². The van der Waals surface area contributed by atoms with Gasteiger partial charge in [-0.3, -0.25) is 33.6 Å². The summed E-state index contributed by atoms with van der Waals surface area (Å²) in [5, 5.41) is 41.3. The number of hydrogen-bond donors (Lipinski definition) is 7. The number of halogens is 2. The Hall–Kier alpha value is -4.99. The Morgan fingerprint density at radius 2 is 1.64 bits per heavy atom. The van der Waals surface area contributed by atoms with Gasteiger partial charge >= 0.3 is 5.97 Å². The number of carbonyl (C=O) groups is 7. The van der Waals surface area contributed by atoms with Crippen LogP contribution in [0.2, 0.25) is 0 Å². The van der Waals surface area contributed by atoms with Crippen molar-refractivity contribution in [2.45, 2.75) is 161 Å². The minimum atomic E-state index is -2.36. The molecule has 7 rings (SSSR count). The van der Waals surface area contributed by atoms with Gasteiger partial charge in [-0.1, -0.05) is 69.6 Å². The molecule has 3 saturated carbocycles. The quantitative estimate of drug-likeness (QED) is 0.0749. The van der Waals surface area contributed by atoms with Crippen molar-refractivity contribution in [3.63, 3.8) is 0 Å². The molecule has 7 N–H and O–H groups in total. The van der Waals surface area contributed by atoms with Crippen molar-refractivity contribution in [2.75, 3.05) is 18.5 Å². The number of ketones is 2. The Labute approximate surface area is 432 Å². The molecule has 2 aromatic carbocycles. The molecule has 0 aromatic heterocycles. The highest BCUT2D eigenvalue weighted by Crippen LogP contribution is 2.72. The maximum atomic E-state index is 17.8. The third kappa shape index (κ3) is 10.9. The number of amides is 4. The summed E-state index contributed by atoms with van der Waals surface area (Å²) in [5.74, 6) is -6.11. The smallest absolute Gasteiger partial charge is 0.305 e. The number of anilines is 1. The van der Waals surface area contributed by atoms with Crippen molar-refractivity contribution >= 4 is 70.4 Å². The number of unbranched alkanes of at least 4 members (excludes halogenated alkanes) is 1. The first-order valence-electron chi connectivity index (χ1n) is 24.9. The molecule has 4 fully saturated rings. The van der Waals surface area contributed by atoms with Crippen molar-refractivity contribution in [3.8, 4) is 0 Å². The number of rotatable bonds is 21. The van der Waals surface area contributed by atoms with Crippen LogP contribution in [0.4, 0.5) is 14.5 Å². The number of nitrogens with one attached hydrogen (secondary N) is 4. The van der Waals surface area contributed by atoms with Crippen LogP contribution in [-0.4, -0.2) is 122 Å². The number of alkyl halides is 2. The first-order valence-corrected chi connectivity index (χ1v) is 26.6. The molecule has 1 heterocycles. The highest BCUT2D eigenvalue weighted by molar-refractivity contribution is 8.01. The van der Waals surface area contributed by atoms with Gasteiger partial charge in [0.05, 0.1) is 23.9 Å². The highest BCUT2D eigenvalue weighted by atomic mass is 32.2. The molecule has 396 valence electrons. The maximum Gasteiger partial charge on any atom is 0.305 e. The number of benzene rings is 2. The number of Topliss-reactive ketones (excluding diaryl/α,β-unsaturated/α-hetero) is 1. The van der Waals surface area contributed by atoms with Crippen molar-refractivity contribution in [2.24, 2.45) is 22.7 Å². The van der Waals surface area contributed by atoms with Crippen LogP contribution in [-0.2, 0) is 43.0 Å². The average molecular weight is 1050 g/mol. The predicted octanol–water partition coefficient (Wildman–Crippen LogP) is 6.09. The molecule has 1 aliphatic heterocycles. The molecule has 0 spiro atoms. The lowest BCUT2D eigenvalue weighted by molar-refractivity contribution is -0.235. The molecule has 73 heavy (non-hydrogen) atoms. The Kier molecular flexibility index (Phi) is 17.2. The molecule has 3 unspecified atom stereocenters. The van der Waals surface area contributed by atoms with E-state index in [2.05, 4.69) is 28.2 Å². The van der Waals surface area contributed by atoms with Crippen molar-refractivity contribution in [1.82, 2.24) is 16.0 Å². The number of ether oxygens (including phenoxy) is 2. The van der Waals surface area contributed by atoms with Crippen molar-refractivity contribution in [1.29, 1.82) is 0 Å². The molecule has 4 amide bonds. The Morgan fingerprint density at radius 3 is 2.33 bits per heavy atom. The summed E-state index contributed by atoms with van der Waals surface area (Å²) in [4.78, 5) is 90.7. The normalized spacial score (nSPS) is 31.5. The van der Waals surface area contributed by atoms with Crippen LogP contribution in [0.5, 0.6) is 0 Å². The van der Waals surface area contributed by atoms with Gasteiger partial charge in [0.1, 0.15) is 24.9 Å². The number of thioether (sulfide) groups is 1. The van der Waals surface area contributed by atoms with Crippen LogP contribution in [0.15, 0.2) is 82.1 Å². The first kappa shape index (κ1) is 55.8. The predicted molar refractivity (Wildman–Crippen MR) is 269 cm³/mol. The van der Waals surface area contributed by atoms with Crippen LogP contribution in [0.3, 0.4) is 0 Å². The van der Waals surface area contributed by atoms with Gasteiger partial charge in [-0.15, -0.1) is 11.8 Å². The molecular formula is C53H66F2N4O12S2. The third-order valence-corrected chi connectivity index (χ3v) is 18.0. The van der Waals surface area contributed by atoms with Crippen LogP contribution in [0.1, 0.15) is 105 Å². The largest absolute Gasteiger partial charge is 0.481 e. The minimum absolute atomic E-state index is 0.00707. The van der Waals surface area contributed by atoms with E-state index in [1.807, 2.05) is 25.1 Å². The number of allylic oxidation sites excluding steroid dienone is 4. The summed E-state index contributed by atoms with van der Waals surface area (Å²) in [6, 6.07) is 12.2. The minimum Gasteiger partial charge on any atom is -0.481 e. The van der Waals surface area contributed by atoms with Gasteiger partial charge in [-0.05, 0) is 100 Å². The molecule has 0 radical (unpaired) electrons. The number of hydrogen-bond acceptors (Lipinski definition) is 13. The lowest BCUT2D eigenvalue weighted by Crippen LogP contribution is -2.70. The van der Waals surface area contributed by atoms with Gasteiger partial charge in [0.25, 0.3) is 0 Å². The molecule has 1 saturated heterocycles. The molecule has 16 nitrogen and oxygen atoms in total. The fourth-order valence-corrected chi connectivity index (χ4v) is 14.0. The topological polar surface area (TPSA) is 247 Å². The van der Waals surface area contributed by atoms with E-state index in [4.69, 9.17) is 9.47 Å². The SMILES string of the molecule is CCCCC(C)SC(CC(=O)O)C(=O)NCCC(=O)N[C@@H](C)C(=O)N[C@@H](C)C(=O)Nc1cccc(Sc2ccc([C@@H]3O[C@@H]4CC5[C@@H]6C[C@H](F)C7=CC(=O)C=C[C@]7(C)[C@@]6(F)[C@@H](O)C[C@]5(C)[C@]4(C(=O)CO)O3)cc2)c1. The zero-order valence-corrected chi connectivity index (χ0v) is 43.4. The van der Waals surface area contributed by atoms with E-state index in [0.29, 0.717) is 11.3 Å². The number of aliphatic hydroxyl groups is 2. The molecule has 4 aliphatic carbocycles. The van der Waals surface area contributed by atoms with Crippen molar-refractivity contribution < 1.29 is 67.1 Å². The Balaban J connectivity index is 0.911. The van der Waals surface area contributed by atoms with Crippen molar-refractivity contribution in [3.05, 3.63) is 77.9 Å². The summed E-state index contributed by atoms with van der Waals surface area (Å²) in [6.45, 7) is 9.22. The average Bonchev–Trinajstić information content (AvgIpc) is 3.84. The van der Waals surface area contributed by atoms with Gasteiger partial charge in [0, 0.05) is 56.0 Å². The second-order valence-corrected chi connectivity index (χ2v) is 23.2. The fraction of sp³-hybridized carbons (Fsp3) is 0.566. The highest BCUT2D eigenvalue weighted by Gasteiger charge is 2.80. The third-order valence-electron chi connectivity index (χ3n) is 15.6. The number of carboxylic acids is 1. The number of aliphatic hydroxyl groups excluding tert-OH is 2. The molecule has 2 aromatic rings. The zero-order chi connectivity index (χ0) is 53.2. The first-order chi connectivity index (χ1) is 34.5. The molecule has 5 aliphatic rings. The summed E-state index contributed by atoms with van der Waals surface area (Å²) in [5.41, 5.74) is -6.01. The van der Waals surface area contributed by atoms with Gasteiger partial charge in [-0.25, -0.2) is 8.78 Å². The number of fused-ring (bicyclic) bond motifs is 7. The summed E-state index contributed by atoms with van der Waals surface area (Å²) >= 11 is 2.67. The maximum absolute atomic E-state index is 17.8.